The molecular weight excluding hydrogens is 282 g/mol. The lowest BCUT2D eigenvalue weighted by molar-refractivity contribution is -0.123. The molecular formula is C16H27N3OS. The van der Waals surface area contributed by atoms with E-state index < -0.39 is 0 Å². The summed E-state index contributed by atoms with van der Waals surface area (Å²) in [5.74, 6) is 0.154. The summed E-state index contributed by atoms with van der Waals surface area (Å²) in [6, 6.07) is 5.17. The molecule has 2 heterocycles. The maximum absolute atomic E-state index is 12.1. The Bertz CT molecular complexity index is 421. The van der Waals surface area contributed by atoms with Crippen molar-refractivity contribution in [2.45, 2.75) is 45.2 Å². The lowest BCUT2D eigenvalue weighted by atomic mass is 10.1. The van der Waals surface area contributed by atoms with Gasteiger partial charge in [0, 0.05) is 36.6 Å². The Morgan fingerprint density at radius 3 is 3.00 bits per heavy atom. The zero-order valence-electron chi connectivity index (χ0n) is 13.1. The molecule has 1 aliphatic heterocycles. The fraction of sp³-hybridized carbons (Fsp3) is 0.688. The zero-order chi connectivity index (χ0) is 15.1. The number of carbonyl (C=O) groups excluding carboxylic acids is 1. The number of thiophene rings is 1. The van der Waals surface area contributed by atoms with Crippen molar-refractivity contribution in [1.82, 2.24) is 15.5 Å². The monoisotopic (exact) mass is 309 g/mol. The number of nitrogens with zero attached hydrogens (tertiary/aromatic N) is 1. The average molecular weight is 309 g/mol. The SMILES string of the molecule is CCC1CN(CC(=O)NCCc2cccs2)C(CC)CN1. The van der Waals surface area contributed by atoms with E-state index in [1.807, 2.05) is 0 Å². The lowest BCUT2D eigenvalue weighted by Gasteiger charge is -2.39. The molecule has 1 aliphatic rings. The quantitative estimate of drug-likeness (QED) is 0.808. The molecule has 0 radical (unpaired) electrons. The summed E-state index contributed by atoms with van der Waals surface area (Å²) in [4.78, 5) is 15.8. The molecule has 2 N–H and O–H groups in total. The van der Waals surface area contributed by atoms with Gasteiger partial charge in [-0.2, -0.15) is 0 Å². The van der Waals surface area contributed by atoms with Crippen LogP contribution in [0, 0.1) is 0 Å². The van der Waals surface area contributed by atoms with Crippen molar-refractivity contribution in [2.24, 2.45) is 0 Å². The predicted molar refractivity (Wildman–Crippen MR) is 88.8 cm³/mol. The van der Waals surface area contributed by atoms with Gasteiger partial charge in [-0.15, -0.1) is 11.3 Å². The summed E-state index contributed by atoms with van der Waals surface area (Å²) in [5.41, 5.74) is 0. The van der Waals surface area contributed by atoms with Crippen molar-refractivity contribution in [3.63, 3.8) is 0 Å². The van der Waals surface area contributed by atoms with E-state index in [1.165, 1.54) is 4.88 Å². The van der Waals surface area contributed by atoms with Crippen molar-refractivity contribution >= 4 is 17.2 Å². The fourth-order valence-corrected chi connectivity index (χ4v) is 3.53. The minimum absolute atomic E-state index is 0.154. The second kappa shape index (κ2) is 8.51. The van der Waals surface area contributed by atoms with Gasteiger partial charge in [0.2, 0.25) is 5.91 Å². The van der Waals surface area contributed by atoms with Gasteiger partial charge in [0.05, 0.1) is 6.54 Å². The molecule has 2 unspecified atom stereocenters. The highest BCUT2D eigenvalue weighted by Crippen LogP contribution is 2.12. The predicted octanol–water partition coefficient (Wildman–Crippen LogP) is 1.87. The number of amides is 1. The third-order valence-electron chi connectivity index (χ3n) is 4.20. The molecule has 0 aliphatic carbocycles. The zero-order valence-corrected chi connectivity index (χ0v) is 13.9. The minimum atomic E-state index is 0.154. The Hall–Kier alpha value is -0.910. The molecule has 1 saturated heterocycles. The van der Waals surface area contributed by atoms with Crippen molar-refractivity contribution in [2.75, 3.05) is 26.2 Å². The molecule has 4 nitrogen and oxygen atoms in total. The number of piperazine rings is 1. The van der Waals surface area contributed by atoms with Gasteiger partial charge in [-0.3, -0.25) is 9.69 Å². The normalized spacial score (nSPS) is 23.1. The topological polar surface area (TPSA) is 44.4 Å². The summed E-state index contributed by atoms with van der Waals surface area (Å²) in [6.07, 6.45) is 3.14. The van der Waals surface area contributed by atoms with Crippen LogP contribution in [0.4, 0.5) is 0 Å². The highest BCUT2D eigenvalue weighted by atomic mass is 32.1. The van der Waals surface area contributed by atoms with E-state index in [0.29, 0.717) is 18.6 Å². The molecule has 1 amide bonds. The molecule has 2 atom stereocenters. The second-order valence-corrected chi connectivity index (χ2v) is 6.72. The van der Waals surface area contributed by atoms with Crippen molar-refractivity contribution < 1.29 is 4.79 Å². The second-order valence-electron chi connectivity index (χ2n) is 5.68. The molecule has 2 rings (SSSR count). The van der Waals surface area contributed by atoms with Gasteiger partial charge in [-0.1, -0.05) is 19.9 Å². The molecule has 118 valence electrons. The molecule has 0 spiro atoms. The number of rotatable bonds is 7. The Balaban J connectivity index is 1.74. The number of nitrogens with one attached hydrogen (secondary N) is 2. The van der Waals surface area contributed by atoms with E-state index in [2.05, 4.69) is 46.9 Å². The summed E-state index contributed by atoms with van der Waals surface area (Å²) in [6.45, 7) is 7.63. The van der Waals surface area contributed by atoms with Gasteiger partial charge in [-0.05, 0) is 30.7 Å². The highest BCUT2D eigenvalue weighted by Gasteiger charge is 2.26. The summed E-state index contributed by atoms with van der Waals surface area (Å²) < 4.78 is 0. The van der Waals surface area contributed by atoms with E-state index in [0.717, 1.165) is 38.9 Å². The summed E-state index contributed by atoms with van der Waals surface area (Å²) in [5, 5.41) is 8.69. The smallest absolute Gasteiger partial charge is 0.234 e. The minimum Gasteiger partial charge on any atom is -0.355 e. The standard InChI is InChI=1S/C16H27N3OS/c1-3-13-11-19(14(4-2)10-18-13)12-16(20)17-8-7-15-6-5-9-21-15/h5-6,9,13-14,18H,3-4,7-8,10-12H2,1-2H3,(H,17,20). The highest BCUT2D eigenvalue weighted by molar-refractivity contribution is 7.09. The molecule has 5 heteroatoms. The number of hydrogen-bond donors (Lipinski definition) is 2. The molecule has 0 bridgehead atoms. The maximum Gasteiger partial charge on any atom is 0.234 e. The summed E-state index contributed by atoms with van der Waals surface area (Å²) in [7, 11) is 0. The van der Waals surface area contributed by atoms with E-state index >= 15 is 0 Å². The Morgan fingerprint density at radius 2 is 2.33 bits per heavy atom. The van der Waals surface area contributed by atoms with E-state index in [4.69, 9.17) is 0 Å². The number of hydrogen-bond acceptors (Lipinski definition) is 4. The van der Waals surface area contributed by atoms with E-state index in [1.54, 1.807) is 11.3 Å². The fourth-order valence-electron chi connectivity index (χ4n) is 2.82. The number of carbonyl (C=O) groups is 1. The Morgan fingerprint density at radius 1 is 1.48 bits per heavy atom. The third-order valence-corrected chi connectivity index (χ3v) is 5.13. The van der Waals surface area contributed by atoms with E-state index in [9.17, 15) is 4.79 Å². The average Bonchev–Trinajstić information content (AvgIpc) is 3.00. The van der Waals surface area contributed by atoms with Crippen molar-refractivity contribution in [3.05, 3.63) is 22.4 Å². The van der Waals surface area contributed by atoms with Crippen LogP contribution in [0.1, 0.15) is 31.6 Å². The van der Waals surface area contributed by atoms with Gasteiger partial charge in [0.25, 0.3) is 0 Å². The first-order valence-corrected chi connectivity index (χ1v) is 8.87. The molecule has 0 aromatic carbocycles. The molecule has 1 aromatic heterocycles. The van der Waals surface area contributed by atoms with Crippen LogP contribution in [-0.2, 0) is 11.2 Å². The van der Waals surface area contributed by atoms with E-state index in [-0.39, 0.29) is 5.91 Å². The first kappa shape index (κ1) is 16.5. The Kier molecular flexibility index (Phi) is 6.67. The van der Waals surface area contributed by atoms with Gasteiger partial charge in [0.1, 0.15) is 0 Å². The Labute approximate surface area is 131 Å². The first-order chi connectivity index (χ1) is 10.2. The van der Waals surface area contributed by atoms with Crippen molar-refractivity contribution in [1.29, 1.82) is 0 Å². The van der Waals surface area contributed by atoms with Gasteiger partial charge >= 0.3 is 0 Å². The molecule has 21 heavy (non-hydrogen) atoms. The van der Waals surface area contributed by atoms with Crippen LogP contribution in [0.5, 0.6) is 0 Å². The van der Waals surface area contributed by atoms with Gasteiger partial charge in [0.15, 0.2) is 0 Å². The van der Waals surface area contributed by atoms with Crippen LogP contribution in [0.3, 0.4) is 0 Å². The van der Waals surface area contributed by atoms with Crippen LogP contribution in [0.2, 0.25) is 0 Å². The molecule has 1 fully saturated rings. The lowest BCUT2D eigenvalue weighted by Crippen LogP contribution is -2.58. The molecule has 1 aromatic rings. The third kappa shape index (κ3) is 5.09. The largest absolute Gasteiger partial charge is 0.355 e. The maximum atomic E-state index is 12.1. The van der Waals surface area contributed by atoms with Crippen molar-refractivity contribution in [3.8, 4) is 0 Å². The van der Waals surface area contributed by atoms with Crippen LogP contribution in [-0.4, -0.2) is 49.1 Å². The van der Waals surface area contributed by atoms with Gasteiger partial charge in [-0.25, -0.2) is 0 Å². The molecule has 0 saturated carbocycles. The van der Waals surface area contributed by atoms with Crippen LogP contribution in [0.25, 0.3) is 0 Å². The van der Waals surface area contributed by atoms with Crippen LogP contribution < -0.4 is 10.6 Å². The van der Waals surface area contributed by atoms with Crippen LogP contribution in [0.15, 0.2) is 17.5 Å². The summed E-state index contributed by atoms with van der Waals surface area (Å²) >= 11 is 1.75. The van der Waals surface area contributed by atoms with Crippen LogP contribution >= 0.6 is 11.3 Å². The first-order valence-electron chi connectivity index (χ1n) is 7.99. The van der Waals surface area contributed by atoms with Gasteiger partial charge < -0.3 is 10.6 Å².